The Morgan fingerprint density at radius 2 is 2.10 bits per heavy atom. The molecule has 3 N–H and O–H groups in total. The van der Waals surface area contributed by atoms with Gasteiger partial charge in [-0.05, 0) is 31.0 Å². The van der Waals surface area contributed by atoms with Crippen molar-refractivity contribution in [2.24, 2.45) is 0 Å². The van der Waals surface area contributed by atoms with Crippen molar-refractivity contribution in [1.82, 2.24) is 5.32 Å². The maximum atomic E-state index is 11.8. The van der Waals surface area contributed by atoms with E-state index in [1.54, 1.807) is 25.3 Å². The Morgan fingerprint density at radius 3 is 2.80 bits per heavy atom. The summed E-state index contributed by atoms with van der Waals surface area (Å²) >= 11 is 5.87. The first-order valence-corrected chi connectivity index (χ1v) is 6.93. The van der Waals surface area contributed by atoms with Gasteiger partial charge in [0.1, 0.15) is 0 Å². The molecule has 0 atom stereocenters. The number of nitrogens with two attached hydrogens (primary N) is 1. The summed E-state index contributed by atoms with van der Waals surface area (Å²) < 4.78 is 10.2. The van der Waals surface area contributed by atoms with E-state index in [9.17, 15) is 4.79 Å². The second kappa shape index (κ2) is 9.58. The van der Waals surface area contributed by atoms with Crippen molar-refractivity contribution in [1.29, 1.82) is 0 Å². The molecule has 0 radical (unpaired) electrons. The van der Waals surface area contributed by atoms with Gasteiger partial charge in [-0.1, -0.05) is 11.6 Å². The van der Waals surface area contributed by atoms with Crippen LogP contribution in [0.2, 0.25) is 5.02 Å². The van der Waals surface area contributed by atoms with Crippen molar-refractivity contribution in [3.05, 3.63) is 28.8 Å². The van der Waals surface area contributed by atoms with E-state index in [0.717, 1.165) is 12.8 Å². The van der Waals surface area contributed by atoms with E-state index in [1.807, 2.05) is 0 Å². The molecule has 112 valence electrons. The monoisotopic (exact) mass is 300 g/mol. The van der Waals surface area contributed by atoms with Gasteiger partial charge < -0.3 is 20.5 Å². The minimum atomic E-state index is -0.146. The van der Waals surface area contributed by atoms with Gasteiger partial charge in [0.2, 0.25) is 0 Å². The Morgan fingerprint density at radius 1 is 1.30 bits per heavy atom. The third-order valence-corrected chi connectivity index (χ3v) is 3.02. The van der Waals surface area contributed by atoms with Crippen LogP contribution < -0.4 is 11.1 Å². The number of halogens is 1. The Kier molecular flexibility index (Phi) is 8.02. The number of hydrogen-bond acceptors (Lipinski definition) is 4. The maximum Gasteiger partial charge on any atom is 0.251 e. The molecule has 1 aromatic carbocycles. The normalized spacial score (nSPS) is 10.5. The van der Waals surface area contributed by atoms with Gasteiger partial charge in [-0.2, -0.15) is 0 Å². The fourth-order valence-electron chi connectivity index (χ4n) is 1.55. The number of carbonyl (C=O) groups is 1. The molecular weight excluding hydrogens is 280 g/mol. The summed E-state index contributed by atoms with van der Waals surface area (Å²) in [5, 5.41) is 3.22. The fraction of sp³-hybridized carbons (Fsp3) is 0.500. The SMILES string of the molecule is COCCOCCCCNC(=O)c1ccc(N)c(Cl)c1. The molecule has 1 amide bonds. The van der Waals surface area contributed by atoms with Gasteiger partial charge in [-0.3, -0.25) is 4.79 Å². The first-order valence-electron chi connectivity index (χ1n) is 6.55. The lowest BCUT2D eigenvalue weighted by Gasteiger charge is -2.07. The second-order valence-corrected chi connectivity index (χ2v) is 4.71. The van der Waals surface area contributed by atoms with Crippen LogP contribution in [0.15, 0.2) is 18.2 Å². The molecule has 0 saturated heterocycles. The van der Waals surface area contributed by atoms with Crippen LogP contribution in [0.1, 0.15) is 23.2 Å². The highest BCUT2D eigenvalue weighted by atomic mass is 35.5. The zero-order valence-corrected chi connectivity index (χ0v) is 12.4. The van der Waals surface area contributed by atoms with Crippen LogP contribution in [0.4, 0.5) is 5.69 Å². The summed E-state index contributed by atoms with van der Waals surface area (Å²) in [4.78, 5) is 11.8. The average molecular weight is 301 g/mol. The number of carbonyl (C=O) groups excluding carboxylic acids is 1. The largest absolute Gasteiger partial charge is 0.398 e. The minimum Gasteiger partial charge on any atom is -0.398 e. The predicted molar refractivity (Wildman–Crippen MR) is 80.1 cm³/mol. The molecule has 0 unspecified atom stereocenters. The van der Waals surface area contributed by atoms with Crippen molar-refractivity contribution >= 4 is 23.2 Å². The number of anilines is 1. The molecule has 1 aromatic rings. The number of nitrogen functional groups attached to an aromatic ring is 1. The smallest absolute Gasteiger partial charge is 0.251 e. The zero-order chi connectivity index (χ0) is 14.8. The molecule has 5 nitrogen and oxygen atoms in total. The Hall–Kier alpha value is -1.30. The number of unbranched alkanes of at least 4 members (excludes halogenated alkanes) is 1. The van der Waals surface area contributed by atoms with E-state index in [4.69, 9.17) is 26.8 Å². The van der Waals surface area contributed by atoms with E-state index in [2.05, 4.69) is 5.32 Å². The van der Waals surface area contributed by atoms with Crippen LogP contribution in [0, 0.1) is 0 Å². The third-order valence-electron chi connectivity index (χ3n) is 2.70. The maximum absolute atomic E-state index is 11.8. The minimum absolute atomic E-state index is 0.146. The van der Waals surface area contributed by atoms with Crippen molar-refractivity contribution in [2.75, 3.05) is 39.2 Å². The molecule has 1 rings (SSSR count). The molecule has 0 aliphatic rings. The van der Waals surface area contributed by atoms with E-state index in [1.165, 1.54) is 0 Å². The summed E-state index contributed by atoms with van der Waals surface area (Å²) in [6.07, 6.45) is 1.76. The average Bonchev–Trinajstić information content (AvgIpc) is 2.44. The molecule has 0 heterocycles. The van der Waals surface area contributed by atoms with Crippen LogP contribution >= 0.6 is 11.6 Å². The van der Waals surface area contributed by atoms with Crippen LogP contribution in [0.3, 0.4) is 0 Å². The van der Waals surface area contributed by atoms with Crippen molar-refractivity contribution < 1.29 is 14.3 Å². The summed E-state index contributed by atoms with van der Waals surface area (Å²) in [7, 11) is 1.64. The highest BCUT2D eigenvalue weighted by Crippen LogP contribution is 2.19. The Balaban J connectivity index is 2.15. The molecule has 6 heteroatoms. The molecule has 0 spiro atoms. The van der Waals surface area contributed by atoms with Crippen molar-refractivity contribution in [2.45, 2.75) is 12.8 Å². The van der Waals surface area contributed by atoms with Crippen LogP contribution in [-0.2, 0) is 9.47 Å². The topological polar surface area (TPSA) is 73.6 Å². The highest BCUT2D eigenvalue weighted by Gasteiger charge is 2.06. The number of amides is 1. The van der Waals surface area contributed by atoms with Crippen LogP contribution in [0.25, 0.3) is 0 Å². The van der Waals surface area contributed by atoms with Gasteiger partial charge in [0.05, 0.1) is 23.9 Å². The summed E-state index contributed by atoms with van der Waals surface area (Å²) in [5.41, 5.74) is 6.58. The molecule has 0 aromatic heterocycles. The molecule has 0 saturated carbocycles. The Labute approximate surface area is 124 Å². The van der Waals surface area contributed by atoms with Crippen molar-refractivity contribution in [3.8, 4) is 0 Å². The molecule has 20 heavy (non-hydrogen) atoms. The predicted octanol–water partition coefficient (Wildman–Crippen LogP) is 2.10. The van der Waals surface area contributed by atoms with Crippen LogP contribution in [-0.4, -0.2) is 39.4 Å². The van der Waals surface area contributed by atoms with Crippen LogP contribution in [0.5, 0.6) is 0 Å². The first kappa shape index (κ1) is 16.8. The summed E-state index contributed by atoms with van der Waals surface area (Å²) in [6.45, 7) is 2.49. The standard InChI is InChI=1S/C14H21ClN2O3/c1-19-8-9-20-7-3-2-6-17-14(18)11-4-5-13(16)12(15)10-11/h4-5,10H,2-3,6-9,16H2,1H3,(H,17,18). The van der Waals surface area contributed by atoms with Gasteiger partial charge in [0, 0.05) is 25.8 Å². The molecule has 0 aliphatic carbocycles. The van der Waals surface area contributed by atoms with Gasteiger partial charge in [-0.15, -0.1) is 0 Å². The van der Waals surface area contributed by atoms with Gasteiger partial charge >= 0.3 is 0 Å². The molecule has 0 aliphatic heterocycles. The third kappa shape index (κ3) is 6.23. The molecular formula is C14H21ClN2O3. The lowest BCUT2D eigenvalue weighted by Crippen LogP contribution is -2.24. The lowest BCUT2D eigenvalue weighted by atomic mass is 10.2. The number of benzene rings is 1. The Bertz CT molecular complexity index is 427. The van der Waals surface area contributed by atoms with Gasteiger partial charge in [0.25, 0.3) is 5.91 Å². The second-order valence-electron chi connectivity index (χ2n) is 4.30. The van der Waals surface area contributed by atoms with E-state index in [-0.39, 0.29) is 5.91 Å². The van der Waals surface area contributed by atoms with Gasteiger partial charge in [0.15, 0.2) is 0 Å². The first-order chi connectivity index (χ1) is 9.65. The quantitative estimate of drug-likeness (QED) is 0.541. The zero-order valence-electron chi connectivity index (χ0n) is 11.7. The number of rotatable bonds is 9. The lowest BCUT2D eigenvalue weighted by molar-refractivity contribution is 0.0686. The van der Waals surface area contributed by atoms with Crippen molar-refractivity contribution in [3.63, 3.8) is 0 Å². The summed E-state index contributed by atoms with van der Waals surface area (Å²) in [6, 6.07) is 4.85. The number of hydrogen-bond donors (Lipinski definition) is 2. The number of ether oxygens (including phenoxy) is 2. The van der Waals surface area contributed by atoms with E-state index >= 15 is 0 Å². The fourth-order valence-corrected chi connectivity index (χ4v) is 1.73. The molecule has 0 fully saturated rings. The summed E-state index contributed by atoms with van der Waals surface area (Å²) in [5.74, 6) is -0.146. The highest BCUT2D eigenvalue weighted by molar-refractivity contribution is 6.33. The van der Waals surface area contributed by atoms with Gasteiger partial charge in [-0.25, -0.2) is 0 Å². The molecule has 0 bridgehead atoms. The number of methoxy groups -OCH3 is 1. The van der Waals surface area contributed by atoms with E-state index < -0.39 is 0 Å². The number of nitrogens with one attached hydrogen (secondary N) is 1. The van der Waals surface area contributed by atoms with E-state index in [0.29, 0.717) is 42.6 Å².